The maximum absolute atomic E-state index is 12.8. The number of carbonyl (C=O) groups is 1. The molecule has 0 heterocycles. The van der Waals surface area contributed by atoms with Gasteiger partial charge in [-0.25, -0.2) is 4.39 Å². The highest BCUT2D eigenvalue weighted by Gasteiger charge is 2.10. The van der Waals surface area contributed by atoms with Crippen LogP contribution in [0, 0.1) is 17.1 Å². The zero-order chi connectivity index (χ0) is 16.8. The van der Waals surface area contributed by atoms with E-state index in [9.17, 15) is 9.18 Å². The molecule has 23 heavy (non-hydrogen) atoms. The number of nitrogens with one attached hydrogen (secondary N) is 2. The Bertz CT molecular complexity index is 798. The van der Waals surface area contributed by atoms with Crippen LogP contribution in [0.2, 0.25) is 10.0 Å². The van der Waals surface area contributed by atoms with Crippen molar-refractivity contribution in [3.05, 3.63) is 70.1 Å². The molecule has 0 aliphatic rings. The third-order valence-electron chi connectivity index (χ3n) is 2.77. The first-order chi connectivity index (χ1) is 11.0. The van der Waals surface area contributed by atoms with Crippen LogP contribution in [-0.2, 0) is 4.79 Å². The van der Waals surface area contributed by atoms with E-state index in [-0.39, 0.29) is 16.4 Å². The molecule has 0 saturated carbocycles. The zero-order valence-electron chi connectivity index (χ0n) is 11.6. The lowest BCUT2D eigenvalue weighted by Crippen LogP contribution is -2.14. The lowest BCUT2D eigenvalue weighted by Gasteiger charge is -2.06. The van der Waals surface area contributed by atoms with Crippen molar-refractivity contribution in [1.82, 2.24) is 0 Å². The maximum atomic E-state index is 12.8. The monoisotopic (exact) mass is 349 g/mol. The Hall–Kier alpha value is -2.55. The number of anilines is 2. The summed E-state index contributed by atoms with van der Waals surface area (Å²) in [6.45, 7) is 0. The molecule has 2 rings (SSSR count). The van der Waals surface area contributed by atoms with Crippen molar-refractivity contribution >= 4 is 40.5 Å². The van der Waals surface area contributed by atoms with E-state index in [4.69, 9.17) is 28.5 Å². The number of rotatable bonds is 4. The number of nitriles is 1. The standard InChI is InChI=1S/C16H10Cl2FN3O/c17-14-6-5-13(7-15(14)18)22-16(23)10(8-20)9-21-12-3-1-11(19)2-4-12/h1-7,9,21H,(H,22,23)/b10-9-. The molecule has 0 unspecified atom stereocenters. The fourth-order valence-corrected chi connectivity index (χ4v) is 1.92. The number of benzene rings is 2. The van der Waals surface area contributed by atoms with Crippen LogP contribution in [-0.4, -0.2) is 5.91 Å². The summed E-state index contributed by atoms with van der Waals surface area (Å²) in [5.74, 6) is -0.988. The van der Waals surface area contributed by atoms with E-state index >= 15 is 0 Å². The van der Waals surface area contributed by atoms with Crippen LogP contribution in [0.15, 0.2) is 54.2 Å². The minimum atomic E-state index is -0.611. The highest BCUT2D eigenvalue weighted by Crippen LogP contribution is 2.25. The van der Waals surface area contributed by atoms with Crippen LogP contribution in [0.5, 0.6) is 0 Å². The number of amides is 1. The predicted octanol–water partition coefficient (Wildman–Crippen LogP) is 4.59. The van der Waals surface area contributed by atoms with Gasteiger partial charge in [-0.2, -0.15) is 5.26 Å². The number of hydrogen-bond acceptors (Lipinski definition) is 3. The van der Waals surface area contributed by atoms with Gasteiger partial charge in [-0.3, -0.25) is 4.79 Å². The molecule has 4 nitrogen and oxygen atoms in total. The van der Waals surface area contributed by atoms with E-state index in [1.54, 1.807) is 12.1 Å². The predicted molar refractivity (Wildman–Crippen MR) is 88.8 cm³/mol. The van der Waals surface area contributed by atoms with Crippen LogP contribution >= 0.6 is 23.2 Å². The molecular formula is C16H10Cl2FN3O. The van der Waals surface area contributed by atoms with Gasteiger partial charge in [-0.05, 0) is 42.5 Å². The van der Waals surface area contributed by atoms with Crippen LogP contribution in [0.25, 0.3) is 0 Å². The molecule has 0 spiro atoms. The highest BCUT2D eigenvalue weighted by molar-refractivity contribution is 6.42. The van der Waals surface area contributed by atoms with Gasteiger partial charge in [0, 0.05) is 17.6 Å². The Morgan fingerprint density at radius 1 is 1.09 bits per heavy atom. The Morgan fingerprint density at radius 3 is 2.35 bits per heavy atom. The van der Waals surface area contributed by atoms with Crippen LogP contribution < -0.4 is 10.6 Å². The van der Waals surface area contributed by atoms with Gasteiger partial charge in [0.2, 0.25) is 0 Å². The largest absolute Gasteiger partial charge is 0.360 e. The second-order valence-electron chi connectivity index (χ2n) is 4.40. The van der Waals surface area contributed by atoms with Gasteiger partial charge >= 0.3 is 0 Å². The van der Waals surface area contributed by atoms with Crippen molar-refractivity contribution in [3.63, 3.8) is 0 Å². The third kappa shape index (κ3) is 4.71. The summed E-state index contributed by atoms with van der Waals surface area (Å²) in [7, 11) is 0. The molecule has 7 heteroatoms. The summed E-state index contributed by atoms with van der Waals surface area (Å²) in [6.07, 6.45) is 1.24. The van der Waals surface area contributed by atoms with Gasteiger partial charge in [0.1, 0.15) is 17.5 Å². The second-order valence-corrected chi connectivity index (χ2v) is 5.22. The molecule has 0 radical (unpaired) electrons. The lowest BCUT2D eigenvalue weighted by molar-refractivity contribution is -0.112. The van der Waals surface area contributed by atoms with Crippen molar-refractivity contribution in [2.45, 2.75) is 0 Å². The van der Waals surface area contributed by atoms with Gasteiger partial charge in [-0.1, -0.05) is 23.2 Å². The van der Waals surface area contributed by atoms with E-state index in [2.05, 4.69) is 10.6 Å². The maximum Gasteiger partial charge on any atom is 0.267 e. The van der Waals surface area contributed by atoms with E-state index in [0.29, 0.717) is 16.4 Å². The topological polar surface area (TPSA) is 64.9 Å². The first-order valence-corrected chi connectivity index (χ1v) is 7.14. The summed E-state index contributed by atoms with van der Waals surface area (Å²) in [4.78, 5) is 12.0. The molecule has 2 aromatic carbocycles. The summed E-state index contributed by atoms with van der Waals surface area (Å²) >= 11 is 11.6. The number of hydrogen-bond donors (Lipinski definition) is 2. The molecule has 1 amide bonds. The van der Waals surface area contributed by atoms with Gasteiger partial charge in [0.25, 0.3) is 5.91 Å². The molecule has 0 aliphatic heterocycles. The summed E-state index contributed by atoms with van der Waals surface area (Å²) < 4.78 is 12.8. The van der Waals surface area contributed by atoms with Gasteiger partial charge < -0.3 is 10.6 Å². The molecule has 2 N–H and O–H groups in total. The summed E-state index contributed by atoms with van der Waals surface area (Å²) in [6, 6.07) is 11.8. The van der Waals surface area contributed by atoms with E-state index < -0.39 is 5.91 Å². The van der Waals surface area contributed by atoms with Crippen molar-refractivity contribution in [3.8, 4) is 6.07 Å². The molecule has 0 saturated heterocycles. The average Bonchev–Trinajstić information content (AvgIpc) is 2.53. The third-order valence-corrected chi connectivity index (χ3v) is 3.51. The molecule has 0 aliphatic carbocycles. The molecule has 0 fully saturated rings. The van der Waals surface area contributed by atoms with E-state index in [0.717, 1.165) is 0 Å². The SMILES string of the molecule is N#C/C(=C/Nc1ccc(F)cc1)C(=O)Nc1ccc(Cl)c(Cl)c1. The van der Waals surface area contributed by atoms with E-state index in [1.165, 1.54) is 42.6 Å². The molecule has 0 atom stereocenters. The average molecular weight is 350 g/mol. The fraction of sp³-hybridized carbons (Fsp3) is 0. The number of carbonyl (C=O) groups excluding carboxylic acids is 1. The molecular weight excluding hydrogens is 340 g/mol. The normalized spacial score (nSPS) is 10.8. The van der Waals surface area contributed by atoms with Crippen LogP contribution in [0.1, 0.15) is 0 Å². The smallest absolute Gasteiger partial charge is 0.267 e. The van der Waals surface area contributed by atoms with E-state index in [1.807, 2.05) is 0 Å². The van der Waals surface area contributed by atoms with Crippen LogP contribution in [0.4, 0.5) is 15.8 Å². The van der Waals surface area contributed by atoms with Crippen LogP contribution in [0.3, 0.4) is 0 Å². The highest BCUT2D eigenvalue weighted by atomic mass is 35.5. The van der Waals surface area contributed by atoms with Crippen molar-refractivity contribution < 1.29 is 9.18 Å². The fourth-order valence-electron chi connectivity index (χ4n) is 1.62. The minimum Gasteiger partial charge on any atom is -0.360 e. The first kappa shape index (κ1) is 16.8. The minimum absolute atomic E-state index is 0.152. The van der Waals surface area contributed by atoms with Crippen molar-refractivity contribution in [2.75, 3.05) is 10.6 Å². The lowest BCUT2D eigenvalue weighted by atomic mass is 10.2. The Kier molecular flexibility index (Phi) is 5.58. The Balaban J connectivity index is 2.08. The Labute approximate surface area is 142 Å². The van der Waals surface area contributed by atoms with Crippen molar-refractivity contribution in [2.24, 2.45) is 0 Å². The summed E-state index contributed by atoms with van der Waals surface area (Å²) in [5.41, 5.74) is 0.800. The number of halogens is 3. The molecule has 116 valence electrons. The van der Waals surface area contributed by atoms with Gasteiger partial charge in [-0.15, -0.1) is 0 Å². The molecule has 0 aromatic heterocycles. The first-order valence-electron chi connectivity index (χ1n) is 6.38. The zero-order valence-corrected chi connectivity index (χ0v) is 13.1. The number of nitrogens with zero attached hydrogens (tertiary/aromatic N) is 1. The Morgan fingerprint density at radius 2 is 1.74 bits per heavy atom. The molecule has 2 aromatic rings. The van der Waals surface area contributed by atoms with Gasteiger partial charge in [0.15, 0.2) is 0 Å². The quantitative estimate of drug-likeness (QED) is 0.626. The van der Waals surface area contributed by atoms with Crippen molar-refractivity contribution in [1.29, 1.82) is 5.26 Å². The second kappa shape index (κ2) is 7.63. The molecule has 0 bridgehead atoms. The summed E-state index contributed by atoms with van der Waals surface area (Å²) in [5, 5.41) is 15.0. The van der Waals surface area contributed by atoms with Gasteiger partial charge in [0.05, 0.1) is 10.0 Å².